The van der Waals surface area contributed by atoms with Crippen molar-refractivity contribution in [1.82, 2.24) is 15.1 Å². The fourth-order valence-corrected chi connectivity index (χ4v) is 3.52. The van der Waals surface area contributed by atoms with Crippen molar-refractivity contribution in [1.29, 1.82) is 0 Å². The number of nitrogens with one attached hydrogen (secondary N) is 1. The van der Waals surface area contributed by atoms with E-state index in [4.69, 9.17) is 4.42 Å². The molecule has 0 radical (unpaired) electrons. The van der Waals surface area contributed by atoms with Crippen LogP contribution in [0.2, 0.25) is 0 Å². The standard InChI is InChI=1S/C21H25N3O4/c1-4-24-13-14(10-19(24)25)12-23(3)21(27)16-7-5-6-15(11-16)17-8-9-18(28-17)20(26)22-2/h5-9,11,14H,4,10,12-13H2,1-3H3,(H,22,26)/t14-/m0/s1. The minimum Gasteiger partial charge on any atom is -0.451 e. The second-order valence-electron chi connectivity index (χ2n) is 7.01. The van der Waals surface area contributed by atoms with Crippen LogP contribution >= 0.6 is 0 Å². The highest BCUT2D eigenvalue weighted by molar-refractivity contribution is 5.95. The Morgan fingerprint density at radius 1 is 1.29 bits per heavy atom. The van der Waals surface area contributed by atoms with E-state index in [1.165, 1.54) is 7.05 Å². The molecule has 7 heteroatoms. The summed E-state index contributed by atoms with van der Waals surface area (Å²) < 4.78 is 5.58. The van der Waals surface area contributed by atoms with Crippen molar-refractivity contribution in [3.8, 4) is 11.3 Å². The first-order valence-corrected chi connectivity index (χ1v) is 9.38. The Kier molecular flexibility index (Phi) is 5.82. The van der Waals surface area contributed by atoms with E-state index in [1.807, 2.05) is 17.9 Å². The average Bonchev–Trinajstić information content (AvgIpc) is 3.33. The Balaban J connectivity index is 1.71. The molecule has 0 bridgehead atoms. The van der Waals surface area contributed by atoms with Crippen LogP contribution in [0, 0.1) is 5.92 Å². The van der Waals surface area contributed by atoms with Crippen molar-refractivity contribution in [2.75, 3.05) is 33.7 Å². The van der Waals surface area contributed by atoms with Crippen LogP contribution in [-0.4, -0.2) is 61.3 Å². The topological polar surface area (TPSA) is 82.9 Å². The van der Waals surface area contributed by atoms with Crippen LogP contribution in [0.5, 0.6) is 0 Å². The Morgan fingerprint density at radius 2 is 2.07 bits per heavy atom. The molecule has 0 saturated carbocycles. The molecule has 1 aliphatic rings. The van der Waals surface area contributed by atoms with Gasteiger partial charge in [0, 0.05) is 57.2 Å². The molecule has 0 aliphatic carbocycles. The third-order valence-corrected chi connectivity index (χ3v) is 5.01. The Hall–Kier alpha value is -3.09. The zero-order valence-corrected chi connectivity index (χ0v) is 16.4. The SMILES string of the molecule is CCN1C[C@H](CN(C)C(=O)c2cccc(-c3ccc(C(=O)NC)o3)c2)CC1=O. The van der Waals surface area contributed by atoms with E-state index in [0.29, 0.717) is 37.4 Å². The van der Waals surface area contributed by atoms with Gasteiger partial charge in [-0.1, -0.05) is 12.1 Å². The fraction of sp³-hybridized carbons (Fsp3) is 0.381. The van der Waals surface area contributed by atoms with E-state index in [1.54, 1.807) is 42.3 Å². The normalized spacial score (nSPS) is 16.3. The summed E-state index contributed by atoms with van der Waals surface area (Å²) in [5.74, 6) is 0.645. The first-order valence-electron chi connectivity index (χ1n) is 9.38. The van der Waals surface area contributed by atoms with Gasteiger partial charge in [-0.15, -0.1) is 0 Å². The molecule has 2 aromatic rings. The molecule has 1 atom stereocenters. The van der Waals surface area contributed by atoms with Crippen LogP contribution in [0.3, 0.4) is 0 Å². The summed E-state index contributed by atoms with van der Waals surface area (Å²) >= 11 is 0. The number of rotatable bonds is 6. The number of hydrogen-bond acceptors (Lipinski definition) is 4. The molecular weight excluding hydrogens is 358 g/mol. The van der Waals surface area contributed by atoms with E-state index in [0.717, 1.165) is 5.56 Å². The van der Waals surface area contributed by atoms with Gasteiger partial charge in [0.25, 0.3) is 11.8 Å². The van der Waals surface area contributed by atoms with Gasteiger partial charge in [-0.05, 0) is 31.2 Å². The van der Waals surface area contributed by atoms with Crippen LogP contribution in [0.15, 0.2) is 40.8 Å². The second-order valence-corrected chi connectivity index (χ2v) is 7.01. The maximum absolute atomic E-state index is 12.8. The van der Waals surface area contributed by atoms with Gasteiger partial charge < -0.3 is 19.5 Å². The van der Waals surface area contributed by atoms with Gasteiger partial charge in [0.1, 0.15) is 5.76 Å². The summed E-state index contributed by atoms with van der Waals surface area (Å²) in [6, 6.07) is 10.4. The summed E-state index contributed by atoms with van der Waals surface area (Å²) in [4.78, 5) is 39.9. The minimum absolute atomic E-state index is 0.109. The average molecular weight is 383 g/mol. The largest absolute Gasteiger partial charge is 0.451 e. The summed E-state index contributed by atoms with van der Waals surface area (Å²) in [5, 5.41) is 2.51. The van der Waals surface area contributed by atoms with E-state index in [2.05, 4.69) is 5.32 Å². The predicted molar refractivity (Wildman–Crippen MR) is 105 cm³/mol. The van der Waals surface area contributed by atoms with Crippen molar-refractivity contribution in [2.45, 2.75) is 13.3 Å². The number of hydrogen-bond donors (Lipinski definition) is 1. The van der Waals surface area contributed by atoms with Gasteiger partial charge >= 0.3 is 0 Å². The number of furan rings is 1. The third-order valence-electron chi connectivity index (χ3n) is 5.01. The van der Waals surface area contributed by atoms with Crippen LogP contribution in [-0.2, 0) is 4.79 Å². The van der Waals surface area contributed by atoms with E-state index in [-0.39, 0.29) is 29.4 Å². The van der Waals surface area contributed by atoms with E-state index >= 15 is 0 Å². The molecule has 7 nitrogen and oxygen atoms in total. The number of nitrogens with zero attached hydrogens (tertiary/aromatic N) is 2. The second kappa shape index (κ2) is 8.29. The van der Waals surface area contributed by atoms with E-state index in [9.17, 15) is 14.4 Å². The number of likely N-dealkylation sites (tertiary alicyclic amines) is 1. The summed E-state index contributed by atoms with van der Waals surface area (Å²) in [5.41, 5.74) is 1.26. The molecule has 2 heterocycles. The highest BCUT2D eigenvalue weighted by Gasteiger charge is 2.30. The number of amides is 3. The lowest BCUT2D eigenvalue weighted by atomic mass is 10.1. The van der Waals surface area contributed by atoms with Crippen LogP contribution < -0.4 is 5.32 Å². The lowest BCUT2D eigenvalue weighted by Gasteiger charge is -2.21. The molecule has 0 unspecified atom stereocenters. The van der Waals surface area contributed by atoms with Gasteiger partial charge in [0.15, 0.2) is 5.76 Å². The molecule has 1 aromatic heterocycles. The number of benzene rings is 1. The molecule has 0 spiro atoms. The van der Waals surface area contributed by atoms with Crippen molar-refractivity contribution < 1.29 is 18.8 Å². The summed E-state index contributed by atoms with van der Waals surface area (Å²) in [7, 11) is 3.29. The van der Waals surface area contributed by atoms with Crippen LogP contribution in [0.1, 0.15) is 34.3 Å². The lowest BCUT2D eigenvalue weighted by molar-refractivity contribution is -0.127. The first-order chi connectivity index (χ1) is 13.4. The zero-order chi connectivity index (χ0) is 20.3. The van der Waals surface area contributed by atoms with Crippen molar-refractivity contribution in [3.63, 3.8) is 0 Å². The van der Waals surface area contributed by atoms with Crippen LogP contribution in [0.25, 0.3) is 11.3 Å². The molecule has 1 aromatic carbocycles. The van der Waals surface area contributed by atoms with Crippen molar-refractivity contribution in [3.05, 3.63) is 47.7 Å². The van der Waals surface area contributed by atoms with Gasteiger partial charge in [-0.2, -0.15) is 0 Å². The van der Waals surface area contributed by atoms with Crippen molar-refractivity contribution >= 4 is 17.7 Å². The van der Waals surface area contributed by atoms with Crippen molar-refractivity contribution in [2.24, 2.45) is 5.92 Å². The maximum Gasteiger partial charge on any atom is 0.286 e. The molecule has 28 heavy (non-hydrogen) atoms. The zero-order valence-electron chi connectivity index (χ0n) is 16.4. The smallest absolute Gasteiger partial charge is 0.286 e. The number of carbonyl (C=O) groups is 3. The molecule has 148 valence electrons. The quantitative estimate of drug-likeness (QED) is 0.829. The monoisotopic (exact) mass is 383 g/mol. The molecule has 1 fully saturated rings. The minimum atomic E-state index is -0.301. The van der Waals surface area contributed by atoms with Gasteiger partial charge in [0.05, 0.1) is 0 Å². The summed E-state index contributed by atoms with van der Waals surface area (Å²) in [6.45, 7) is 3.90. The lowest BCUT2D eigenvalue weighted by Crippen LogP contribution is -2.33. The Labute approximate surface area is 164 Å². The molecule has 3 rings (SSSR count). The number of carbonyl (C=O) groups excluding carboxylic acids is 3. The highest BCUT2D eigenvalue weighted by atomic mass is 16.3. The Morgan fingerprint density at radius 3 is 2.75 bits per heavy atom. The van der Waals surface area contributed by atoms with Crippen LogP contribution in [0.4, 0.5) is 0 Å². The highest BCUT2D eigenvalue weighted by Crippen LogP contribution is 2.24. The first kappa shape index (κ1) is 19.7. The molecule has 3 amide bonds. The van der Waals surface area contributed by atoms with Gasteiger partial charge in [-0.3, -0.25) is 14.4 Å². The van der Waals surface area contributed by atoms with Gasteiger partial charge in [-0.25, -0.2) is 0 Å². The summed E-state index contributed by atoms with van der Waals surface area (Å²) in [6.07, 6.45) is 0.486. The molecular formula is C21H25N3O4. The fourth-order valence-electron chi connectivity index (χ4n) is 3.52. The Bertz CT molecular complexity index is 889. The van der Waals surface area contributed by atoms with E-state index < -0.39 is 0 Å². The van der Waals surface area contributed by atoms with Gasteiger partial charge in [0.2, 0.25) is 5.91 Å². The third kappa shape index (κ3) is 4.08. The molecule has 1 aliphatic heterocycles. The predicted octanol–water partition coefficient (Wildman–Crippen LogP) is 2.25. The molecule has 1 N–H and O–H groups in total. The molecule has 1 saturated heterocycles. The maximum atomic E-state index is 12.8.